The van der Waals surface area contributed by atoms with E-state index in [9.17, 15) is 4.79 Å². The number of methoxy groups -OCH3 is 1. The molecule has 0 unspecified atom stereocenters. The fourth-order valence-electron chi connectivity index (χ4n) is 1.68. The lowest BCUT2D eigenvalue weighted by atomic mass is 10.2. The van der Waals surface area contributed by atoms with Crippen LogP contribution in [0, 0.1) is 0 Å². The number of pyridine rings is 1. The molecule has 100 valence electrons. The molecular weight excluding hydrogens is 244 g/mol. The topological polar surface area (TPSA) is 69.0 Å². The van der Waals surface area contributed by atoms with Crippen LogP contribution < -0.4 is 15.6 Å². The molecule has 6 heteroatoms. The standard InChI is InChI=1S/C13H16N4O2/c1-3-14-11-8-10(6-7-15-11)9-17-13(18)5-4-12(16-17)19-2/h4-8H,3,9H2,1-2H3,(H,14,15). The predicted molar refractivity (Wildman–Crippen MR) is 72.6 cm³/mol. The molecule has 2 aromatic rings. The van der Waals surface area contributed by atoms with Crippen molar-refractivity contribution in [3.05, 3.63) is 46.4 Å². The van der Waals surface area contributed by atoms with Crippen LogP contribution in [-0.2, 0) is 6.54 Å². The van der Waals surface area contributed by atoms with Gasteiger partial charge in [0.2, 0.25) is 5.88 Å². The van der Waals surface area contributed by atoms with Crippen LogP contribution in [0.4, 0.5) is 5.82 Å². The molecule has 1 N–H and O–H groups in total. The Morgan fingerprint density at radius 1 is 1.37 bits per heavy atom. The van der Waals surface area contributed by atoms with Crippen LogP contribution in [0.25, 0.3) is 0 Å². The molecule has 0 aliphatic rings. The zero-order chi connectivity index (χ0) is 13.7. The van der Waals surface area contributed by atoms with Gasteiger partial charge in [-0.1, -0.05) is 0 Å². The van der Waals surface area contributed by atoms with Crippen LogP contribution in [0.2, 0.25) is 0 Å². The minimum Gasteiger partial charge on any atom is -0.480 e. The molecule has 0 bridgehead atoms. The summed E-state index contributed by atoms with van der Waals surface area (Å²) in [6.45, 7) is 3.19. The van der Waals surface area contributed by atoms with Gasteiger partial charge in [-0.3, -0.25) is 4.79 Å². The first-order valence-corrected chi connectivity index (χ1v) is 6.04. The van der Waals surface area contributed by atoms with E-state index in [1.165, 1.54) is 17.9 Å². The predicted octanol–water partition coefficient (Wildman–Crippen LogP) is 1.13. The van der Waals surface area contributed by atoms with Crippen LogP contribution in [-0.4, -0.2) is 28.4 Å². The maximum absolute atomic E-state index is 11.7. The number of nitrogens with one attached hydrogen (secondary N) is 1. The van der Waals surface area contributed by atoms with E-state index in [1.54, 1.807) is 12.3 Å². The fourth-order valence-corrected chi connectivity index (χ4v) is 1.68. The van der Waals surface area contributed by atoms with E-state index in [0.717, 1.165) is 17.9 Å². The third-order valence-corrected chi connectivity index (χ3v) is 2.57. The van der Waals surface area contributed by atoms with E-state index in [-0.39, 0.29) is 5.56 Å². The van der Waals surface area contributed by atoms with Crippen LogP contribution in [0.15, 0.2) is 35.3 Å². The number of hydrogen-bond donors (Lipinski definition) is 1. The third kappa shape index (κ3) is 3.31. The van der Waals surface area contributed by atoms with Crippen molar-refractivity contribution in [3.8, 4) is 5.88 Å². The fraction of sp³-hybridized carbons (Fsp3) is 0.308. The molecule has 19 heavy (non-hydrogen) atoms. The highest BCUT2D eigenvalue weighted by molar-refractivity contribution is 5.37. The second-order valence-corrected chi connectivity index (χ2v) is 3.95. The Labute approximate surface area is 111 Å². The molecule has 0 fully saturated rings. The summed E-state index contributed by atoms with van der Waals surface area (Å²) in [6, 6.07) is 6.75. The summed E-state index contributed by atoms with van der Waals surface area (Å²) in [4.78, 5) is 15.9. The van der Waals surface area contributed by atoms with Gasteiger partial charge in [-0.15, -0.1) is 5.10 Å². The Kier molecular flexibility index (Phi) is 4.12. The Bertz CT molecular complexity index is 610. The molecule has 0 spiro atoms. The number of aromatic nitrogens is 3. The molecule has 2 aromatic heterocycles. The average molecular weight is 260 g/mol. The van der Waals surface area contributed by atoms with Crippen LogP contribution in [0.1, 0.15) is 12.5 Å². The molecule has 2 heterocycles. The monoisotopic (exact) mass is 260 g/mol. The summed E-state index contributed by atoms with van der Waals surface area (Å²) in [5, 5.41) is 7.23. The van der Waals surface area contributed by atoms with E-state index in [2.05, 4.69) is 15.4 Å². The average Bonchev–Trinajstić information content (AvgIpc) is 2.42. The van der Waals surface area contributed by atoms with Crippen molar-refractivity contribution in [3.63, 3.8) is 0 Å². The van der Waals surface area contributed by atoms with Crippen LogP contribution >= 0.6 is 0 Å². The van der Waals surface area contributed by atoms with Gasteiger partial charge in [0, 0.05) is 24.9 Å². The normalized spacial score (nSPS) is 10.2. The zero-order valence-electron chi connectivity index (χ0n) is 11.0. The third-order valence-electron chi connectivity index (χ3n) is 2.57. The molecule has 0 atom stereocenters. The van der Waals surface area contributed by atoms with Crippen LogP contribution in [0.3, 0.4) is 0 Å². The summed E-state index contributed by atoms with van der Waals surface area (Å²) in [5.41, 5.74) is 0.788. The van der Waals surface area contributed by atoms with Crippen molar-refractivity contribution in [2.75, 3.05) is 19.0 Å². The first-order chi connectivity index (χ1) is 9.22. The lowest BCUT2D eigenvalue weighted by Gasteiger charge is -2.08. The Morgan fingerprint density at radius 2 is 2.21 bits per heavy atom. The van der Waals surface area contributed by atoms with Gasteiger partial charge in [0.15, 0.2) is 0 Å². The first kappa shape index (κ1) is 13.1. The molecule has 2 rings (SSSR count). The van der Waals surface area contributed by atoms with Gasteiger partial charge in [0.1, 0.15) is 5.82 Å². The molecule has 6 nitrogen and oxygen atoms in total. The molecule has 0 saturated heterocycles. The second kappa shape index (κ2) is 5.99. The highest BCUT2D eigenvalue weighted by atomic mass is 16.5. The Morgan fingerprint density at radius 3 is 2.95 bits per heavy atom. The largest absolute Gasteiger partial charge is 0.480 e. The van der Waals surface area contributed by atoms with Gasteiger partial charge < -0.3 is 10.1 Å². The minimum absolute atomic E-state index is 0.164. The SMILES string of the molecule is CCNc1cc(Cn2nc(OC)ccc2=O)ccn1. The molecular formula is C13H16N4O2. The zero-order valence-corrected chi connectivity index (χ0v) is 11.0. The second-order valence-electron chi connectivity index (χ2n) is 3.95. The number of hydrogen-bond acceptors (Lipinski definition) is 5. The van der Waals surface area contributed by atoms with Gasteiger partial charge in [-0.25, -0.2) is 9.67 Å². The summed E-state index contributed by atoms with van der Waals surface area (Å²) in [5.74, 6) is 1.21. The Balaban J connectivity index is 2.25. The van der Waals surface area contributed by atoms with Gasteiger partial charge in [-0.2, -0.15) is 0 Å². The van der Waals surface area contributed by atoms with Crippen molar-refractivity contribution in [1.82, 2.24) is 14.8 Å². The molecule has 0 amide bonds. The Hall–Kier alpha value is -2.37. The van der Waals surface area contributed by atoms with Crippen LogP contribution in [0.5, 0.6) is 5.88 Å². The van der Waals surface area contributed by atoms with Crippen molar-refractivity contribution in [1.29, 1.82) is 0 Å². The van der Waals surface area contributed by atoms with E-state index in [0.29, 0.717) is 12.4 Å². The van der Waals surface area contributed by atoms with Crippen molar-refractivity contribution in [2.24, 2.45) is 0 Å². The molecule has 0 saturated carbocycles. The van der Waals surface area contributed by atoms with Crippen molar-refractivity contribution in [2.45, 2.75) is 13.5 Å². The molecule has 0 aromatic carbocycles. The quantitative estimate of drug-likeness (QED) is 0.872. The maximum atomic E-state index is 11.7. The van der Waals surface area contributed by atoms with Gasteiger partial charge in [0.25, 0.3) is 5.56 Å². The summed E-state index contributed by atoms with van der Waals surface area (Å²) in [7, 11) is 1.52. The van der Waals surface area contributed by atoms with Crippen molar-refractivity contribution < 1.29 is 4.74 Å². The highest BCUT2D eigenvalue weighted by Gasteiger charge is 2.03. The molecule has 0 radical (unpaired) electrons. The van der Waals surface area contributed by atoms with Gasteiger partial charge >= 0.3 is 0 Å². The number of ether oxygens (including phenoxy) is 1. The molecule has 0 aliphatic heterocycles. The first-order valence-electron chi connectivity index (χ1n) is 6.04. The number of nitrogens with zero attached hydrogens (tertiary/aromatic N) is 3. The van der Waals surface area contributed by atoms with E-state index < -0.39 is 0 Å². The lowest BCUT2D eigenvalue weighted by molar-refractivity contribution is 0.379. The number of rotatable bonds is 5. The van der Waals surface area contributed by atoms with E-state index in [1.807, 2.05) is 19.1 Å². The van der Waals surface area contributed by atoms with E-state index >= 15 is 0 Å². The summed E-state index contributed by atoms with van der Waals surface area (Å²) in [6.07, 6.45) is 1.71. The van der Waals surface area contributed by atoms with E-state index in [4.69, 9.17) is 4.74 Å². The summed E-state index contributed by atoms with van der Waals surface area (Å²) >= 11 is 0. The minimum atomic E-state index is -0.164. The highest BCUT2D eigenvalue weighted by Crippen LogP contribution is 2.08. The van der Waals surface area contributed by atoms with Crippen molar-refractivity contribution >= 4 is 5.82 Å². The smallest absolute Gasteiger partial charge is 0.267 e. The van der Waals surface area contributed by atoms with Gasteiger partial charge in [-0.05, 0) is 24.6 Å². The summed E-state index contributed by atoms with van der Waals surface area (Å²) < 4.78 is 6.38. The molecule has 0 aliphatic carbocycles. The number of anilines is 1. The van der Waals surface area contributed by atoms with Gasteiger partial charge in [0.05, 0.1) is 13.7 Å². The maximum Gasteiger partial charge on any atom is 0.267 e. The lowest BCUT2D eigenvalue weighted by Crippen LogP contribution is -2.22.